The minimum atomic E-state index is -3.85. The Morgan fingerprint density at radius 1 is 1.38 bits per heavy atom. The van der Waals surface area contributed by atoms with Crippen LogP contribution in [0.3, 0.4) is 0 Å². The molecule has 0 saturated heterocycles. The maximum absolute atomic E-state index is 12.7. The Morgan fingerprint density at radius 2 is 1.94 bits per heavy atom. The zero-order valence-electron chi connectivity index (χ0n) is 8.48. The van der Waals surface area contributed by atoms with Gasteiger partial charge in [0.05, 0.1) is 7.11 Å². The van der Waals surface area contributed by atoms with Crippen LogP contribution in [0.1, 0.15) is 5.56 Å². The smallest absolute Gasteiger partial charge is 0.378 e. The number of carboxylic acids is 1. The van der Waals surface area contributed by atoms with E-state index < -0.39 is 11.9 Å². The number of alkyl halides is 2. The van der Waals surface area contributed by atoms with Crippen LogP contribution in [-0.2, 0) is 4.79 Å². The molecule has 0 radical (unpaired) electrons. The Bertz CT molecular complexity index is 396. The lowest BCUT2D eigenvalue weighted by Crippen LogP contribution is -2.24. The van der Waals surface area contributed by atoms with Crippen LogP contribution in [0.5, 0.6) is 5.75 Å². The Balaban J connectivity index is 2.80. The third-order valence-electron chi connectivity index (χ3n) is 1.89. The van der Waals surface area contributed by atoms with Crippen molar-refractivity contribution in [1.82, 2.24) is 0 Å². The first-order chi connectivity index (χ1) is 7.45. The van der Waals surface area contributed by atoms with Crippen molar-refractivity contribution in [1.29, 1.82) is 0 Å². The second kappa shape index (κ2) is 4.74. The van der Waals surface area contributed by atoms with E-state index in [1.54, 1.807) is 24.3 Å². The van der Waals surface area contributed by atoms with Crippen molar-refractivity contribution < 1.29 is 23.4 Å². The molecular weight excluding hydrogens is 218 g/mol. The topological polar surface area (TPSA) is 46.5 Å². The number of benzene rings is 1. The molecule has 0 aliphatic rings. The van der Waals surface area contributed by atoms with E-state index in [0.717, 1.165) is 6.08 Å². The number of aliphatic carboxylic acids is 1. The molecule has 0 bridgehead atoms. The van der Waals surface area contributed by atoms with Gasteiger partial charge in [-0.1, -0.05) is 18.2 Å². The van der Waals surface area contributed by atoms with E-state index in [1.165, 1.54) is 7.11 Å². The molecule has 0 aliphatic heterocycles. The lowest BCUT2D eigenvalue weighted by Gasteiger charge is -2.04. The number of ether oxygens (including phenoxy) is 1. The quantitative estimate of drug-likeness (QED) is 0.860. The van der Waals surface area contributed by atoms with Crippen LogP contribution in [0, 0.1) is 0 Å². The van der Waals surface area contributed by atoms with Crippen molar-refractivity contribution >= 4 is 12.0 Å². The molecule has 1 aromatic carbocycles. The van der Waals surface area contributed by atoms with Gasteiger partial charge in [0.15, 0.2) is 0 Å². The third-order valence-corrected chi connectivity index (χ3v) is 1.89. The Hall–Kier alpha value is -1.91. The minimum Gasteiger partial charge on any atom is -0.497 e. The number of hydrogen-bond donors (Lipinski definition) is 1. The molecule has 5 heteroatoms. The largest absolute Gasteiger partial charge is 0.497 e. The molecule has 0 amide bonds. The third kappa shape index (κ3) is 3.05. The summed E-state index contributed by atoms with van der Waals surface area (Å²) in [5.41, 5.74) is 0.474. The second-order valence-electron chi connectivity index (χ2n) is 3.03. The van der Waals surface area contributed by atoms with Gasteiger partial charge in [-0.2, -0.15) is 8.78 Å². The van der Waals surface area contributed by atoms with Crippen molar-refractivity contribution in [3.05, 3.63) is 35.9 Å². The second-order valence-corrected chi connectivity index (χ2v) is 3.03. The summed E-state index contributed by atoms with van der Waals surface area (Å²) < 4.78 is 30.2. The maximum atomic E-state index is 12.7. The van der Waals surface area contributed by atoms with Crippen molar-refractivity contribution in [2.75, 3.05) is 7.11 Å². The molecule has 0 unspecified atom stereocenters. The minimum absolute atomic E-state index is 0.344. The summed E-state index contributed by atoms with van der Waals surface area (Å²) in [4.78, 5) is 10.1. The highest BCUT2D eigenvalue weighted by molar-refractivity contribution is 5.79. The summed E-state index contributed by atoms with van der Waals surface area (Å²) in [7, 11) is 1.49. The van der Waals surface area contributed by atoms with Crippen molar-refractivity contribution in [3.8, 4) is 5.75 Å². The van der Waals surface area contributed by atoms with E-state index >= 15 is 0 Å². The molecule has 16 heavy (non-hydrogen) atoms. The number of rotatable bonds is 4. The first-order valence-corrected chi connectivity index (χ1v) is 4.40. The molecule has 1 rings (SSSR count). The predicted molar refractivity (Wildman–Crippen MR) is 54.6 cm³/mol. The first-order valence-electron chi connectivity index (χ1n) is 4.40. The Morgan fingerprint density at radius 3 is 2.38 bits per heavy atom. The average Bonchev–Trinajstić information content (AvgIpc) is 2.27. The molecule has 0 aromatic heterocycles. The summed E-state index contributed by atoms with van der Waals surface area (Å²) in [5, 5.41) is 8.18. The molecule has 0 fully saturated rings. The highest BCUT2D eigenvalue weighted by Gasteiger charge is 2.35. The molecule has 1 N–H and O–H groups in total. The van der Waals surface area contributed by atoms with Gasteiger partial charge >= 0.3 is 11.9 Å². The van der Waals surface area contributed by atoms with Crippen LogP contribution in [-0.4, -0.2) is 24.1 Å². The van der Waals surface area contributed by atoms with Crippen LogP contribution < -0.4 is 4.74 Å². The van der Waals surface area contributed by atoms with Gasteiger partial charge in [0, 0.05) is 0 Å². The van der Waals surface area contributed by atoms with Gasteiger partial charge in [0.1, 0.15) is 5.75 Å². The van der Waals surface area contributed by atoms with E-state index in [9.17, 15) is 13.6 Å². The fourth-order valence-electron chi connectivity index (χ4n) is 0.987. The zero-order valence-corrected chi connectivity index (χ0v) is 8.48. The summed E-state index contributed by atoms with van der Waals surface area (Å²) in [6.45, 7) is 0. The fraction of sp³-hybridized carbons (Fsp3) is 0.182. The van der Waals surface area contributed by atoms with Gasteiger partial charge in [-0.25, -0.2) is 4.79 Å². The average molecular weight is 228 g/mol. The van der Waals surface area contributed by atoms with Gasteiger partial charge in [-0.15, -0.1) is 0 Å². The highest BCUT2D eigenvalue weighted by Crippen LogP contribution is 2.18. The summed E-state index contributed by atoms with van der Waals surface area (Å²) in [5.74, 6) is -5.42. The molecule has 0 heterocycles. The number of hydrogen-bond acceptors (Lipinski definition) is 2. The molecule has 1 aromatic rings. The van der Waals surface area contributed by atoms with Gasteiger partial charge in [0.25, 0.3) is 0 Å². The van der Waals surface area contributed by atoms with Crippen LogP contribution in [0.4, 0.5) is 8.78 Å². The van der Waals surface area contributed by atoms with E-state index in [4.69, 9.17) is 9.84 Å². The normalized spacial score (nSPS) is 11.7. The SMILES string of the molecule is COc1ccc(C=CC(F)(F)C(=O)O)cc1. The van der Waals surface area contributed by atoms with E-state index in [1.807, 2.05) is 0 Å². The Labute approximate surface area is 91.0 Å². The summed E-state index contributed by atoms with van der Waals surface area (Å²) >= 11 is 0. The Kier molecular flexibility index (Phi) is 3.60. The molecule has 0 spiro atoms. The van der Waals surface area contributed by atoms with E-state index in [2.05, 4.69) is 0 Å². The molecule has 3 nitrogen and oxygen atoms in total. The lowest BCUT2D eigenvalue weighted by atomic mass is 10.2. The summed E-state index contributed by atoms with van der Waals surface area (Å²) in [6, 6.07) is 6.29. The van der Waals surface area contributed by atoms with Gasteiger partial charge in [-0.3, -0.25) is 0 Å². The van der Waals surface area contributed by atoms with E-state index in [-0.39, 0.29) is 0 Å². The summed E-state index contributed by atoms with van der Waals surface area (Å²) in [6.07, 6.45) is 1.39. The number of carbonyl (C=O) groups is 1. The number of halogens is 2. The van der Waals surface area contributed by atoms with Crippen LogP contribution in [0.2, 0.25) is 0 Å². The number of carboxylic acid groups (broad SMARTS) is 1. The highest BCUT2D eigenvalue weighted by atomic mass is 19.3. The first kappa shape index (κ1) is 12.2. The predicted octanol–water partition coefficient (Wildman–Crippen LogP) is 2.43. The van der Waals surface area contributed by atoms with Crippen LogP contribution in [0.15, 0.2) is 30.3 Å². The molecule has 0 saturated carbocycles. The van der Waals surface area contributed by atoms with Crippen molar-refractivity contribution in [2.45, 2.75) is 5.92 Å². The zero-order chi connectivity index (χ0) is 12.2. The number of methoxy groups -OCH3 is 1. The molecule has 0 aliphatic carbocycles. The van der Waals surface area contributed by atoms with Gasteiger partial charge in [0.2, 0.25) is 0 Å². The van der Waals surface area contributed by atoms with Gasteiger partial charge < -0.3 is 9.84 Å². The maximum Gasteiger partial charge on any atom is 0.378 e. The molecular formula is C11H10F2O3. The lowest BCUT2D eigenvalue weighted by molar-refractivity contribution is -0.157. The van der Waals surface area contributed by atoms with Gasteiger partial charge in [-0.05, 0) is 23.8 Å². The fourth-order valence-corrected chi connectivity index (χ4v) is 0.987. The van der Waals surface area contributed by atoms with Crippen molar-refractivity contribution in [3.63, 3.8) is 0 Å². The monoisotopic (exact) mass is 228 g/mol. The van der Waals surface area contributed by atoms with Crippen molar-refractivity contribution in [2.24, 2.45) is 0 Å². The van der Waals surface area contributed by atoms with E-state index in [0.29, 0.717) is 17.4 Å². The van der Waals surface area contributed by atoms with Crippen LogP contribution in [0.25, 0.3) is 6.08 Å². The molecule has 86 valence electrons. The van der Waals surface area contributed by atoms with Crippen LogP contribution >= 0.6 is 0 Å². The standard InChI is InChI=1S/C11H10F2O3/c1-16-9-4-2-8(3-5-9)6-7-11(12,13)10(14)15/h2-7H,1H3,(H,14,15). The molecule has 0 atom stereocenters.